The molecule has 4 N–H and O–H groups in total. The molecular formula is C11H17N5O. The minimum absolute atomic E-state index is 0.116. The Morgan fingerprint density at radius 3 is 3.18 bits per heavy atom. The lowest BCUT2D eigenvalue weighted by molar-refractivity contribution is 0.0930. The number of rotatable bonds is 2. The molecule has 0 radical (unpaired) electrons. The lowest BCUT2D eigenvalue weighted by Crippen LogP contribution is -2.42. The average Bonchev–Trinajstić information content (AvgIpc) is 2.96. The molecule has 0 bridgehead atoms. The summed E-state index contributed by atoms with van der Waals surface area (Å²) in [5, 5.41) is 9.41. The standard InChI is InChI=1S/C11H17N5O/c12-10-7(6-13-15-10)11(17)14-8-3-5-16-4-1-2-9(8)16/h6,8-9H,1-5H2,(H,14,17)(H3,12,13,15). The van der Waals surface area contributed by atoms with Crippen LogP contribution in [-0.4, -0.2) is 46.2 Å². The van der Waals surface area contributed by atoms with Crippen molar-refractivity contribution in [1.82, 2.24) is 20.4 Å². The van der Waals surface area contributed by atoms with E-state index in [1.54, 1.807) is 0 Å². The molecule has 1 aromatic rings. The van der Waals surface area contributed by atoms with Gasteiger partial charge in [0.1, 0.15) is 11.4 Å². The van der Waals surface area contributed by atoms with Gasteiger partial charge >= 0.3 is 0 Å². The van der Waals surface area contributed by atoms with E-state index < -0.39 is 0 Å². The lowest BCUT2D eigenvalue weighted by Gasteiger charge is -2.21. The van der Waals surface area contributed by atoms with Crippen molar-refractivity contribution in [3.05, 3.63) is 11.8 Å². The number of amides is 1. The van der Waals surface area contributed by atoms with E-state index in [9.17, 15) is 4.79 Å². The smallest absolute Gasteiger partial charge is 0.256 e. The Labute approximate surface area is 99.5 Å². The van der Waals surface area contributed by atoms with Crippen LogP contribution in [0.1, 0.15) is 29.6 Å². The fourth-order valence-corrected chi connectivity index (χ4v) is 2.97. The number of nitrogen functional groups attached to an aromatic ring is 1. The number of hydrogen-bond donors (Lipinski definition) is 3. The first-order valence-electron chi connectivity index (χ1n) is 6.09. The molecule has 1 amide bonds. The molecular weight excluding hydrogens is 218 g/mol. The predicted molar refractivity (Wildman–Crippen MR) is 63.5 cm³/mol. The summed E-state index contributed by atoms with van der Waals surface area (Å²) in [6.45, 7) is 2.27. The van der Waals surface area contributed by atoms with Crippen molar-refractivity contribution < 1.29 is 4.79 Å². The Hall–Kier alpha value is -1.56. The number of H-pyrrole nitrogens is 1. The average molecular weight is 235 g/mol. The van der Waals surface area contributed by atoms with Crippen molar-refractivity contribution in [2.75, 3.05) is 18.8 Å². The van der Waals surface area contributed by atoms with Gasteiger partial charge in [-0.15, -0.1) is 0 Å². The molecule has 0 aliphatic carbocycles. The molecule has 92 valence electrons. The number of aromatic nitrogens is 2. The summed E-state index contributed by atoms with van der Waals surface area (Å²) in [5.41, 5.74) is 6.08. The molecule has 0 saturated carbocycles. The fourth-order valence-electron chi connectivity index (χ4n) is 2.97. The van der Waals surface area contributed by atoms with Gasteiger partial charge in [0.25, 0.3) is 5.91 Å². The van der Waals surface area contributed by atoms with E-state index in [-0.39, 0.29) is 11.9 Å². The highest BCUT2D eigenvalue weighted by molar-refractivity contribution is 5.98. The zero-order chi connectivity index (χ0) is 11.8. The maximum Gasteiger partial charge on any atom is 0.256 e. The van der Waals surface area contributed by atoms with Gasteiger partial charge in [-0.3, -0.25) is 14.8 Å². The van der Waals surface area contributed by atoms with Crippen LogP contribution in [0.2, 0.25) is 0 Å². The van der Waals surface area contributed by atoms with E-state index in [1.165, 1.54) is 25.6 Å². The normalized spacial score (nSPS) is 28.2. The largest absolute Gasteiger partial charge is 0.383 e. The molecule has 1 aromatic heterocycles. The van der Waals surface area contributed by atoms with Crippen LogP contribution in [0.4, 0.5) is 5.82 Å². The molecule has 17 heavy (non-hydrogen) atoms. The van der Waals surface area contributed by atoms with E-state index in [0.717, 1.165) is 13.0 Å². The first kappa shape index (κ1) is 10.6. The van der Waals surface area contributed by atoms with Gasteiger partial charge in [0.05, 0.1) is 6.20 Å². The minimum Gasteiger partial charge on any atom is -0.383 e. The van der Waals surface area contributed by atoms with Crippen LogP contribution in [0.15, 0.2) is 6.20 Å². The van der Waals surface area contributed by atoms with Crippen LogP contribution >= 0.6 is 0 Å². The molecule has 3 heterocycles. The lowest BCUT2D eigenvalue weighted by atomic mass is 10.1. The van der Waals surface area contributed by atoms with Crippen molar-refractivity contribution in [2.24, 2.45) is 0 Å². The number of anilines is 1. The van der Waals surface area contributed by atoms with Gasteiger partial charge in [0.2, 0.25) is 0 Å². The monoisotopic (exact) mass is 235 g/mol. The third kappa shape index (κ3) is 1.78. The number of aromatic amines is 1. The zero-order valence-corrected chi connectivity index (χ0v) is 9.65. The van der Waals surface area contributed by atoms with Crippen molar-refractivity contribution in [1.29, 1.82) is 0 Å². The molecule has 0 spiro atoms. The molecule has 2 aliphatic rings. The van der Waals surface area contributed by atoms with E-state index in [2.05, 4.69) is 20.4 Å². The molecule has 0 aromatic carbocycles. The van der Waals surface area contributed by atoms with Crippen LogP contribution in [-0.2, 0) is 0 Å². The summed E-state index contributed by atoms with van der Waals surface area (Å²) in [6, 6.07) is 0.784. The summed E-state index contributed by atoms with van der Waals surface area (Å²) in [4.78, 5) is 14.5. The maximum atomic E-state index is 12.0. The molecule has 3 rings (SSSR count). The number of fused-ring (bicyclic) bond motifs is 1. The van der Waals surface area contributed by atoms with Crippen LogP contribution in [0.25, 0.3) is 0 Å². The molecule has 2 fully saturated rings. The Morgan fingerprint density at radius 2 is 2.41 bits per heavy atom. The van der Waals surface area contributed by atoms with Crippen LogP contribution < -0.4 is 11.1 Å². The topological polar surface area (TPSA) is 87.0 Å². The highest BCUT2D eigenvalue weighted by Crippen LogP contribution is 2.28. The van der Waals surface area contributed by atoms with Crippen molar-refractivity contribution in [3.63, 3.8) is 0 Å². The quantitative estimate of drug-likeness (QED) is 0.671. The molecule has 2 unspecified atom stereocenters. The van der Waals surface area contributed by atoms with Gasteiger partial charge in [-0.1, -0.05) is 0 Å². The second kappa shape index (κ2) is 4.03. The van der Waals surface area contributed by atoms with Crippen LogP contribution in [0.5, 0.6) is 0 Å². The van der Waals surface area contributed by atoms with Gasteiger partial charge in [-0.2, -0.15) is 5.10 Å². The molecule has 6 heteroatoms. The van der Waals surface area contributed by atoms with Gasteiger partial charge < -0.3 is 11.1 Å². The number of carbonyl (C=O) groups is 1. The van der Waals surface area contributed by atoms with E-state index in [0.29, 0.717) is 17.4 Å². The summed E-state index contributed by atoms with van der Waals surface area (Å²) < 4.78 is 0. The Kier molecular flexibility index (Phi) is 2.51. The first-order chi connectivity index (χ1) is 8.25. The fraction of sp³-hybridized carbons (Fsp3) is 0.636. The van der Waals surface area contributed by atoms with Gasteiger partial charge in [-0.05, 0) is 25.8 Å². The minimum atomic E-state index is -0.116. The first-order valence-corrected chi connectivity index (χ1v) is 6.09. The highest BCUT2D eigenvalue weighted by Gasteiger charge is 2.38. The molecule has 6 nitrogen and oxygen atoms in total. The number of carbonyl (C=O) groups excluding carboxylic acids is 1. The van der Waals surface area contributed by atoms with Crippen molar-refractivity contribution in [3.8, 4) is 0 Å². The number of nitrogens with zero attached hydrogens (tertiary/aromatic N) is 2. The third-order valence-electron chi connectivity index (χ3n) is 3.84. The molecule has 2 saturated heterocycles. The summed E-state index contributed by atoms with van der Waals surface area (Å²) in [6.07, 6.45) is 4.94. The zero-order valence-electron chi connectivity index (χ0n) is 9.65. The Balaban J connectivity index is 1.68. The summed E-state index contributed by atoms with van der Waals surface area (Å²) in [7, 11) is 0. The van der Waals surface area contributed by atoms with Crippen molar-refractivity contribution >= 4 is 11.7 Å². The highest BCUT2D eigenvalue weighted by atomic mass is 16.1. The number of nitrogens with two attached hydrogens (primary N) is 1. The number of hydrogen-bond acceptors (Lipinski definition) is 4. The van der Waals surface area contributed by atoms with Crippen LogP contribution in [0.3, 0.4) is 0 Å². The summed E-state index contributed by atoms with van der Waals surface area (Å²) >= 11 is 0. The third-order valence-corrected chi connectivity index (χ3v) is 3.84. The van der Waals surface area contributed by atoms with Crippen molar-refractivity contribution in [2.45, 2.75) is 31.3 Å². The molecule has 2 atom stereocenters. The predicted octanol–water partition coefficient (Wildman–Crippen LogP) is -0.0416. The van der Waals surface area contributed by atoms with E-state index in [4.69, 9.17) is 5.73 Å². The van der Waals surface area contributed by atoms with Gasteiger partial charge in [0.15, 0.2) is 0 Å². The van der Waals surface area contributed by atoms with E-state index >= 15 is 0 Å². The number of nitrogens with one attached hydrogen (secondary N) is 2. The SMILES string of the molecule is Nc1[nH]ncc1C(=O)NC1CCN2CCCC12. The Bertz CT molecular complexity index is 429. The second-order valence-electron chi connectivity index (χ2n) is 4.81. The maximum absolute atomic E-state index is 12.0. The summed E-state index contributed by atoms with van der Waals surface area (Å²) in [5.74, 6) is 0.221. The van der Waals surface area contributed by atoms with E-state index in [1.807, 2.05) is 0 Å². The van der Waals surface area contributed by atoms with Gasteiger partial charge in [0, 0.05) is 18.6 Å². The second-order valence-corrected chi connectivity index (χ2v) is 4.81. The Morgan fingerprint density at radius 1 is 1.53 bits per heavy atom. The van der Waals surface area contributed by atoms with Crippen LogP contribution in [0, 0.1) is 0 Å². The molecule has 2 aliphatic heterocycles. The van der Waals surface area contributed by atoms with Gasteiger partial charge in [-0.25, -0.2) is 0 Å².